The smallest absolute Gasteiger partial charge is 0.251 e. The molecule has 4 rings (SSSR count). The van der Waals surface area contributed by atoms with Crippen LogP contribution in [0.3, 0.4) is 0 Å². The number of benzene rings is 2. The van der Waals surface area contributed by atoms with Crippen molar-refractivity contribution in [1.29, 1.82) is 0 Å². The van der Waals surface area contributed by atoms with Gasteiger partial charge in [0.1, 0.15) is 6.04 Å². The summed E-state index contributed by atoms with van der Waals surface area (Å²) in [7, 11) is 0. The third kappa shape index (κ3) is 7.57. The number of allylic oxidation sites excluding steroid dienone is 1. The molecule has 1 heterocycles. The zero-order chi connectivity index (χ0) is 29.4. The molecule has 0 aromatic heterocycles. The van der Waals surface area contributed by atoms with Crippen LogP contribution in [-0.2, 0) is 14.4 Å². The minimum Gasteiger partial charge on any atom is -0.369 e. The Morgan fingerprint density at radius 3 is 2.29 bits per heavy atom. The normalized spacial score (nSPS) is 19.3. The number of rotatable bonds is 12. The average Bonchev–Trinajstić information content (AvgIpc) is 3.08. The lowest BCUT2D eigenvalue weighted by atomic mass is 9.82. The van der Waals surface area contributed by atoms with E-state index in [-0.39, 0.29) is 24.3 Å². The van der Waals surface area contributed by atoms with E-state index >= 15 is 0 Å². The van der Waals surface area contributed by atoms with Crippen molar-refractivity contribution >= 4 is 34.8 Å². The molecule has 1 saturated carbocycles. The number of hydrogen-bond acceptors (Lipinski definition) is 4. The number of carbonyl (C=O) groups is 3. The molecule has 41 heavy (non-hydrogen) atoms. The van der Waals surface area contributed by atoms with Crippen molar-refractivity contribution in [3.63, 3.8) is 0 Å². The Labute approximate surface area is 245 Å². The Kier molecular flexibility index (Phi) is 10.6. The van der Waals surface area contributed by atoms with Crippen LogP contribution in [0.1, 0.15) is 65.2 Å². The molecule has 7 heteroatoms. The maximum absolute atomic E-state index is 14.3. The molecule has 1 aliphatic heterocycles. The van der Waals surface area contributed by atoms with Gasteiger partial charge in [-0.15, -0.1) is 6.58 Å². The maximum Gasteiger partial charge on any atom is 0.251 e. The van der Waals surface area contributed by atoms with Gasteiger partial charge in [0, 0.05) is 12.2 Å². The predicted molar refractivity (Wildman–Crippen MR) is 166 cm³/mol. The quantitative estimate of drug-likeness (QED) is 0.314. The number of nitrogens with two attached hydrogens (primary N) is 1. The van der Waals surface area contributed by atoms with Gasteiger partial charge in [0.05, 0.1) is 29.8 Å². The number of primary amides is 1. The van der Waals surface area contributed by atoms with Gasteiger partial charge in [-0.2, -0.15) is 0 Å². The number of hydrogen-bond donors (Lipinski definition) is 2. The molecule has 0 spiro atoms. The number of para-hydroxylation sites is 3. The van der Waals surface area contributed by atoms with Crippen LogP contribution in [0.2, 0.25) is 0 Å². The molecule has 0 radical (unpaired) electrons. The second kappa shape index (κ2) is 14.3. The Morgan fingerprint density at radius 1 is 1.00 bits per heavy atom. The molecule has 2 aromatic carbocycles. The van der Waals surface area contributed by atoms with Gasteiger partial charge in [0.15, 0.2) is 0 Å². The highest BCUT2D eigenvalue weighted by Crippen LogP contribution is 2.38. The van der Waals surface area contributed by atoms with Crippen LogP contribution in [0.15, 0.2) is 67.3 Å². The molecule has 0 saturated heterocycles. The Balaban J connectivity index is 1.69. The number of fused-ring (bicyclic) bond motifs is 1. The van der Waals surface area contributed by atoms with Crippen LogP contribution >= 0.6 is 0 Å². The maximum atomic E-state index is 14.3. The summed E-state index contributed by atoms with van der Waals surface area (Å²) in [5.41, 5.74) is 8.50. The van der Waals surface area contributed by atoms with Gasteiger partial charge >= 0.3 is 0 Å². The summed E-state index contributed by atoms with van der Waals surface area (Å²) in [5, 5.41) is 3.10. The molecule has 3 unspecified atom stereocenters. The van der Waals surface area contributed by atoms with Gasteiger partial charge in [-0.1, -0.05) is 82.4 Å². The predicted octanol–water partition coefficient (Wildman–Crippen LogP) is 5.97. The van der Waals surface area contributed by atoms with Gasteiger partial charge < -0.3 is 20.9 Å². The summed E-state index contributed by atoms with van der Waals surface area (Å²) in [6.07, 6.45) is 9.56. The zero-order valence-corrected chi connectivity index (χ0v) is 24.6. The van der Waals surface area contributed by atoms with Crippen molar-refractivity contribution in [2.45, 2.75) is 71.3 Å². The van der Waals surface area contributed by atoms with Crippen molar-refractivity contribution in [2.75, 3.05) is 22.9 Å². The van der Waals surface area contributed by atoms with Crippen LogP contribution in [0.25, 0.3) is 0 Å². The molecular weight excluding hydrogens is 512 g/mol. The van der Waals surface area contributed by atoms with Crippen molar-refractivity contribution < 1.29 is 14.4 Å². The summed E-state index contributed by atoms with van der Waals surface area (Å²) < 4.78 is 0. The SMILES string of the molecule is C=CCC(C(N)=O)C(CC(C)C)C(=O)NC1CN(c2ccccc2)c2ccccc2N(CCC2CCCCC2)C1=O. The Hall–Kier alpha value is -3.61. The first-order chi connectivity index (χ1) is 19.8. The Morgan fingerprint density at radius 2 is 1.66 bits per heavy atom. The molecule has 0 bridgehead atoms. The zero-order valence-electron chi connectivity index (χ0n) is 24.6. The van der Waals surface area contributed by atoms with Crippen LogP contribution < -0.4 is 20.9 Å². The fourth-order valence-corrected chi connectivity index (χ4v) is 6.46. The second-order valence-electron chi connectivity index (χ2n) is 12.0. The van der Waals surface area contributed by atoms with E-state index in [2.05, 4.69) is 16.8 Å². The molecule has 7 nitrogen and oxygen atoms in total. The third-order valence-corrected chi connectivity index (χ3v) is 8.60. The highest BCUT2D eigenvalue weighted by Gasteiger charge is 2.39. The number of amides is 3. The molecule has 2 aromatic rings. The van der Waals surface area contributed by atoms with E-state index < -0.39 is 23.8 Å². The first-order valence-corrected chi connectivity index (χ1v) is 15.2. The fourth-order valence-electron chi connectivity index (χ4n) is 6.46. The third-order valence-electron chi connectivity index (χ3n) is 8.60. The molecular formula is C34H46N4O3. The summed E-state index contributed by atoms with van der Waals surface area (Å²) >= 11 is 0. The second-order valence-corrected chi connectivity index (χ2v) is 12.0. The Bertz CT molecular complexity index is 1190. The van der Waals surface area contributed by atoms with E-state index in [9.17, 15) is 14.4 Å². The van der Waals surface area contributed by atoms with E-state index in [0.29, 0.717) is 25.3 Å². The summed E-state index contributed by atoms with van der Waals surface area (Å²) in [4.78, 5) is 44.7. The van der Waals surface area contributed by atoms with E-state index in [4.69, 9.17) is 5.73 Å². The minimum atomic E-state index is -0.798. The van der Waals surface area contributed by atoms with E-state index in [1.54, 1.807) is 6.08 Å². The highest BCUT2D eigenvalue weighted by molar-refractivity contribution is 6.04. The van der Waals surface area contributed by atoms with Crippen molar-refractivity contribution in [1.82, 2.24) is 5.32 Å². The standard InChI is InChI=1S/C34H46N4O3/c1-4-13-27(32(35)39)28(22-24(2)3)33(40)36-29-23-38(26-16-9-6-10-17-26)31-19-12-11-18-30(31)37(34(29)41)21-20-25-14-7-5-8-15-25/h4,6,9-12,16-19,24-25,27-29H,1,5,7-8,13-15,20-23H2,2-3H3,(H2,35,39)(H,36,40). The van der Waals surface area contributed by atoms with Crippen LogP contribution in [0.4, 0.5) is 17.1 Å². The van der Waals surface area contributed by atoms with Crippen molar-refractivity contribution in [2.24, 2.45) is 29.4 Å². The van der Waals surface area contributed by atoms with E-state index in [1.165, 1.54) is 32.1 Å². The average molecular weight is 559 g/mol. The van der Waals surface area contributed by atoms with Crippen LogP contribution in [0.5, 0.6) is 0 Å². The minimum absolute atomic E-state index is 0.123. The van der Waals surface area contributed by atoms with Gasteiger partial charge in [0.2, 0.25) is 11.8 Å². The lowest BCUT2D eigenvalue weighted by molar-refractivity contribution is -0.135. The van der Waals surface area contributed by atoms with Crippen molar-refractivity contribution in [3.05, 3.63) is 67.3 Å². The number of nitrogens with one attached hydrogen (secondary N) is 1. The monoisotopic (exact) mass is 558 g/mol. The molecule has 3 amide bonds. The van der Waals surface area contributed by atoms with Crippen LogP contribution in [0, 0.1) is 23.7 Å². The molecule has 1 aliphatic carbocycles. The lowest BCUT2D eigenvalue weighted by Gasteiger charge is -2.30. The van der Waals surface area contributed by atoms with E-state index in [1.807, 2.05) is 73.3 Å². The summed E-state index contributed by atoms with van der Waals surface area (Å²) in [6.45, 7) is 8.69. The molecule has 1 fully saturated rings. The first-order valence-electron chi connectivity index (χ1n) is 15.2. The van der Waals surface area contributed by atoms with Gasteiger partial charge in [-0.05, 0) is 55.4 Å². The van der Waals surface area contributed by atoms with Gasteiger partial charge in [-0.25, -0.2) is 0 Å². The molecule has 2 aliphatic rings. The number of carbonyl (C=O) groups excluding carboxylic acids is 3. The van der Waals surface area contributed by atoms with Gasteiger partial charge in [0.25, 0.3) is 5.91 Å². The number of nitrogens with zero attached hydrogens (tertiary/aromatic N) is 2. The topological polar surface area (TPSA) is 95.7 Å². The first kappa shape index (κ1) is 30.4. The van der Waals surface area contributed by atoms with Crippen molar-refractivity contribution in [3.8, 4) is 0 Å². The molecule has 3 N–H and O–H groups in total. The largest absolute Gasteiger partial charge is 0.369 e. The number of anilines is 3. The fraction of sp³-hybridized carbons (Fsp3) is 0.500. The van der Waals surface area contributed by atoms with E-state index in [0.717, 1.165) is 23.5 Å². The lowest BCUT2D eigenvalue weighted by Crippen LogP contribution is -2.54. The summed E-state index contributed by atoms with van der Waals surface area (Å²) in [6, 6.07) is 17.2. The molecule has 3 atom stereocenters. The van der Waals surface area contributed by atoms with Crippen LogP contribution in [-0.4, -0.2) is 36.9 Å². The summed E-state index contributed by atoms with van der Waals surface area (Å²) in [5.74, 6) is -1.51. The molecule has 220 valence electrons. The van der Waals surface area contributed by atoms with Gasteiger partial charge in [-0.3, -0.25) is 14.4 Å². The highest BCUT2D eigenvalue weighted by atomic mass is 16.2.